The van der Waals surface area contributed by atoms with Gasteiger partial charge in [-0.15, -0.1) is 0 Å². The van der Waals surface area contributed by atoms with Gasteiger partial charge in [-0.2, -0.15) is 0 Å². The van der Waals surface area contributed by atoms with Crippen LogP contribution in [-0.2, 0) is 16.6 Å². The second-order valence-electron chi connectivity index (χ2n) is 5.43. The molecule has 25 heavy (non-hydrogen) atoms. The lowest BCUT2D eigenvalue weighted by atomic mass is 10.2. The Balaban J connectivity index is 2.17. The van der Waals surface area contributed by atoms with E-state index in [1.165, 1.54) is 17.1 Å². The Kier molecular flexibility index (Phi) is 4.87. The van der Waals surface area contributed by atoms with Crippen molar-refractivity contribution in [3.05, 3.63) is 66.5 Å². The first-order valence-corrected chi connectivity index (χ1v) is 9.18. The van der Waals surface area contributed by atoms with Gasteiger partial charge in [0.05, 0.1) is 17.7 Å². The van der Waals surface area contributed by atoms with Gasteiger partial charge in [0.1, 0.15) is 5.75 Å². The Bertz CT molecular complexity index is 966. The Hall–Kier alpha value is -2.64. The van der Waals surface area contributed by atoms with Crippen LogP contribution in [-0.4, -0.2) is 31.5 Å². The predicted octanol–water partition coefficient (Wildman–Crippen LogP) is 2.52. The number of nitrogens with one attached hydrogen (secondary N) is 1. The zero-order chi connectivity index (χ0) is 17.9. The standard InChI is InChI=1S/C18H19N3O3S/c1-19-12-15-13-21(18(20-15)14-7-4-3-5-8-14)25(22,23)17-10-6-9-16(11-17)24-2/h3-11,13,19H,12H2,1-2H3. The molecule has 3 aromatic rings. The molecular formula is C18H19N3O3S. The van der Waals surface area contributed by atoms with Crippen molar-refractivity contribution in [2.24, 2.45) is 0 Å². The molecule has 0 amide bonds. The molecule has 0 bridgehead atoms. The van der Waals surface area contributed by atoms with E-state index in [0.717, 1.165) is 5.56 Å². The van der Waals surface area contributed by atoms with Crippen molar-refractivity contribution in [3.63, 3.8) is 0 Å². The summed E-state index contributed by atoms with van der Waals surface area (Å²) in [5.41, 5.74) is 1.38. The molecule has 0 spiro atoms. The van der Waals surface area contributed by atoms with Gasteiger partial charge in [0, 0.05) is 24.4 Å². The normalized spacial score (nSPS) is 11.4. The molecule has 2 aromatic carbocycles. The first-order chi connectivity index (χ1) is 12.1. The predicted molar refractivity (Wildman–Crippen MR) is 96.0 cm³/mol. The fourth-order valence-electron chi connectivity index (χ4n) is 2.51. The van der Waals surface area contributed by atoms with E-state index in [1.54, 1.807) is 31.4 Å². The number of benzene rings is 2. The summed E-state index contributed by atoms with van der Waals surface area (Å²) in [5.74, 6) is 0.867. The van der Waals surface area contributed by atoms with Crippen LogP contribution in [0, 0.1) is 0 Å². The van der Waals surface area contributed by atoms with Crippen LogP contribution in [0.2, 0.25) is 0 Å². The maximum atomic E-state index is 13.2. The molecule has 3 rings (SSSR count). The van der Waals surface area contributed by atoms with E-state index in [1.807, 2.05) is 30.3 Å². The highest BCUT2D eigenvalue weighted by atomic mass is 32.2. The highest BCUT2D eigenvalue weighted by Crippen LogP contribution is 2.26. The molecule has 7 heteroatoms. The molecule has 0 aliphatic heterocycles. The molecule has 1 heterocycles. The molecular weight excluding hydrogens is 338 g/mol. The fourth-order valence-corrected chi connectivity index (χ4v) is 3.89. The molecule has 130 valence electrons. The minimum Gasteiger partial charge on any atom is -0.497 e. The molecule has 0 fully saturated rings. The summed E-state index contributed by atoms with van der Waals surface area (Å²) in [6, 6.07) is 15.7. The smallest absolute Gasteiger partial charge is 0.269 e. The monoisotopic (exact) mass is 357 g/mol. The highest BCUT2D eigenvalue weighted by Gasteiger charge is 2.23. The van der Waals surface area contributed by atoms with Gasteiger partial charge in [0.25, 0.3) is 10.0 Å². The van der Waals surface area contributed by atoms with Crippen LogP contribution in [0.25, 0.3) is 11.4 Å². The van der Waals surface area contributed by atoms with Crippen molar-refractivity contribution in [3.8, 4) is 17.1 Å². The second kappa shape index (κ2) is 7.08. The maximum Gasteiger partial charge on any atom is 0.269 e. The van der Waals surface area contributed by atoms with Gasteiger partial charge in [-0.05, 0) is 19.2 Å². The van der Waals surface area contributed by atoms with Gasteiger partial charge in [-0.25, -0.2) is 17.4 Å². The summed E-state index contributed by atoms with van der Waals surface area (Å²) in [4.78, 5) is 4.65. The lowest BCUT2D eigenvalue weighted by molar-refractivity contribution is 0.413. The molecule has 0 saturated carbocycles. The lowest BCUT2D eigenvalue weighted by Gasteiger charge is -2.10. The van der Waals surface area contributed by atoms with Gasteiger partial charge >= 0.3 is 0 Å². The fraction of sp³-hybridized carbons (Fsp3) is 0.167. The molecule has 1 N–H and O–H groups in total. The zero-order valence-corrected chi connectivity index (χ0v) is 14.8. The van der Waals surface area contributed by atoms with Crippen LogP contribution in [0.15, 0.2) is 65.7 Å². The van der Waals surface area contributed by atoms with Crippen LogP contribution in [0.5, 0.6) is 5.75 Å². The van der Waals surface area contributed by atoms with E-state index in [2.05, 4.69) is 10.3 Å². The molecule has 0 radical (unpaired) electrons. The third kappa shape index (κ3) is 3.42. The summed E-state index contributed by atoms with van der Waals surface area (Å²) in [7, 11) is -0.509. The quantitative estimate of drug-likeness (QED) is 0.734. The third-order valence-corrected chi connectivity index (χ3v) is 5.36. The van der Waals surface area contributed by atoms with E-state index < -0.39 is 10.0 Å². The van der Waals surface area contributed by atoms with Crippen molar-refractivity contribution in [2.45, 2.75) is 11.4 Å². The maximum absolute atomic E-state index is 13.2. The summed E-state index contributed by atoms with van der Waals surface area (Å²) >= 11 is 0. The van der Waals surface area contributed by atoms with Gasteiger partial charge in [-0.1, -0.05) is 36.4 Å². The van der Waals surface area contributed by atoms with Crippen molar-refractivity contribution in [1.29, 1.82) is 0 Å². The van der Waals surface area contributed by atoms with Crippen LogP contribution in [0.4, 0.5) is 0 Å². The van der Waals surface area contributed by atoms with Gasteiger partial charge in [-0.3, -0.25) is 0 Å². The average Bonchev–Trinajstić information content (AvgIpc) is 3.08. The molecule has 0 aliphatic carbocycles. The molecule has 0 aliphatic rings. The summed E-state index contributed by atoms with van der Waals surface area (Å²) in [6.45, 7) is 0.473. The largest absolute Gasteiger partial charge is 0.497 e. The van der Waals surface area contributed by atoms with E-state index in [4.69, 9.17) is 4.74 Å². The first-order valence-electron chi connectivity index (χ1n) is 7.74. The summed E-state index contributed by atoms with van der Waals surface area (Å²) in [5, 5.41) is 2.99. The molecule has 0 saturated heterocycles. The number of hydrogen-bond donors (Lipinski definition) is 1. The molecule has 0 atom stereocenters. The Labute approximate surface area is 147 Å². The Morgan fingerprint density at radius 3 is 2.56 bits per heavy atom. The molecule has 6 nitrogen and oxygen atoms in total. The minimum absolute atomic E-state index is 0.150. The van der Waals surface area contributed by atoms with Gasteiger partial charge < -0.3 is 10.1 Å². The van der Waals surface area contributed by atoms with Crippen LogP contribution < -0.4 is 10.1 Å². The average molecular weight is 357 g/mol. The third-order valence-electron chi connectivity index (χ3n) is 3.71. The number of ether oxygens (including phenoxy) is 1. The van der Waals surface area contributed by atoms with E-state index in [-0.39, 0.29) is 4.90 Å². The number of aromatic nitrogens is 2. The zero-order valence-electron chi connectivity index (χ0n) is 14.0. The lowest BCUT2D eigenvalue weighted by Crippen LogP contribution is -2.13. The van der Waals surface area contributed by atoms with Crippen molar-refractivity contribution in [1.82, 2.24) is 14.3 Å². The van der Waals surface area contributed by atoms with Gasteiger partial charge in [0.15, 0.2) is 5.82 Å². The number of imidazole rings is 1. The van der Waals surface area contributed by atoms with Crippen LogP contribution >= 0.6 is 0 Å². The number of nitrogens with zero attached hydrogens (tertiary/aromatic N) is 2. The topological polar surface area (TPSA) is 73.2 Å². The number of hydrogen-bond acceptors (Lipinski definition) is 5. The Morgan fingerprint density at radius 1 is 1.12 bits per heavy atom. The van der Waals surface area contributed by atoms with E-state index >= 15 is 0 Å². The van der Waals surface area contributed by atoms with Crippen molar-refractivity contribution >= 4 is 10.0 Å². The summed E-state index contributed by atoms with van der Waals surface area (Å²) in [6.07, 6.45) is 1.55. The minimum atomic E-state index is -3.80. The number of methoxy groups -OCH3 is 1. The van der Waals surface area contributed by atoms with Crippen LogP contribution in [0.3, 0.4) is 0 Å². The van der Waals surface area contributed by atoms with E-state index in [9.17, 15) is 8.42 Å². The molecule has 0 unspecified atom stereocenters. The highest BCUT2D eigenvalue weighted by molar-refractivity contribution is 7.90. The second-order valence-corrected chi connectivity index (χ2v) is 7.25. The molecule has 1 aromatic heterocycles. The van der Waals surface area contributed by atoms with Crippen molar-refractivity contribution < 1.29 is 13.2 Å². The Morgan fingerprint density at radius 2 is 1.88 bits per heavy atom. The summed E-state index contributed by atoms with van der Waals surface area (Å²) < 4.78 is 32.7. The first kappa shape index (κ1) is 17.2. The number of rotatable bonds is 6. The van der Waals surface area contributed by atoms with Crippen molar-refractivity contribution in [2.75, 3.05) is 14.2 Å². The van der Waals surface area contributed by atoms with Crippen LogP contribution in [0.1, 0.15) is 5.69 Å². The van der Waals surface area contributed by atoms with E-state index in [0.29, 0.717) is 23.8 Å². The van der Waals surface area contributed by atoms with Gasteiger partial charge in [0.2, 0.25) is 0 Å². The SMILES string of the molecule is CNCc1cn(S(=O)(=O)c2cccc(OC)c2)c(-c2ccccc2)n1.